The van der Waals surface area contributed by atoms with Gasteiger partial charge in [-0.1, -0.05) is 20.8 Å². The van der Waals surface area contributed by atoms with E-state index in [1.165, 1.54) is 0 Å². The van der Waals surface area contributed by atoms with E-state index >= 15 is 0 Å². The fourth-order valence-electron chi connectivity index (χ4n) is 1.75. The van der Waals surface area contributed by atoms with Crippen molar-refractivity contribution < 1.29 is 9.59 Å². The van der Waals surface area contributed by atoms with Crippen LogP contribution in [0.15, 0.2) is 0 Å². The topological polar surface area (TPSA) is 84.2 Å². The summed E-state index contributed by atoms with van der Waals surface area (Å²) >= 11 is 0. The van der Waals surface area contributed by atoms with E-state index in [0.717, 1.165) is 12.8 Å². The molecule has 5 nitrogen and oxygen atoms in total. The van der Waals surface area contributed by atoms with Gasteiger partial charge in [-0.3, -0.25) is 9.59 Å². The van der Waals surface area contributed by atoms with Crippen LogP contribution < -0.4 is 16.4 Å². The number of likely N-dealkylation sites (N-methyl/N-ethyl adjacent to an activating group) is 1. The van der Waals surface area contributed by atoms with Crippen molar-refractivity contribution in [3.05, 3.63) is 0 Å². The highest BCUT2D eigenvalue weighted by Gasteiger charge is 2.23. The van der Waals surface area contributed by atoms with E-state index in [1.807, 2.05) is 20.8 Å². The first-order valence-electron chi connectivity index (χ1n) is 6.64. The number of hydrogen-bond donors (Lipinski definition) is 3. The summed E-state index contributed by atoms with van der Waals surface area (Å²) < 4.78 is 0. The van der Waals surface area contributed by atoms with Crippen LogP contribution in [0.3, 0.4) is 0 Å². The van der Waals surface area contributed by atoms with Gasteiger partial charge >= 0.3 is 0 Å². The molecular formula is C13H27N3O2. The highest BCUT2D eigenvalue weighted by atomic mass is 16.2. The van der Waals surface area contributed by atoms with Crippen LogP contribution in [-0.2, 0) is 9.59 Å². The predicted octanol–water partition coefficient (Wildman–Crippen LogP) is 0.638. The minimum atomic E-state index is -0.442. The van der Waals surface area contributed by atoms with Gasteiger partial charge in [-0.05, 0) is 31.7 Å². The molecular weight excluding hydrogens is 230 g/mol. The molecule has 0 aliphatic heterocycles. The molecule has 2 atom stereocenters. The molecule has 2 unspecified atom stereocenters. The van der Waals surface area contributed by atoms with Gasteiger partial charge in [0.1, 0.15) is 6.04 Å². The third-order valence-electron chi connectivity index (χ3n) is 2.88. The molecule has 0 heterocycles. The molecule has 0 aromatic carbocycles. The Labute approximate surface area is 110 Å². The number of nitrogens with one attached hydrogen (secondary N) is 2. The highest BCUT2D eigenvalue weighted by Crippen LogP contribution is 2.09. The summed E-state index contributed by atoms with van der Waals surface area (Å²) in [6, 6.07) is -0.442. The van der Waals surface area contributed by atoms with Gasteiger partial charge in [-0.2, -0.15) is 0 Å². The average Bonchev–Trinajstić information content (AvgIpc) is 2.33. The summed E-state index contributed by atoms with van der Waals surface area (Å²) in [6.07, 6.45) is 2.23. The van der Waals surface area contributed by atoms with Gasteiger partial charge in [0.05, 0.1) is 0 Å². The molecule has 0 fully saturated rings. The van der Waals surface area contributed by atoms with Crippen LogP contribution in [0.2, 0.25) is 0 Å². The third kappa shape index (κ3) is 6.59. The van der Waals surface area contributed by atoms with E-state index in [2.05, 4.69) is 10.6 Å². The summed E-state index contributed by atoms with van der Waals surface area (Å²) in [7, 11) is 1.58. The van der Waals surface area contributed by atoms with Crippen molar-refractivity contribution in [3.8, 4) is 0 Å². The zero-order valence-electron chi connectivity index (χ0n) is 12.0. The first-order valence-corrected chi connectivity index (χ1v) is 6.64. The van der Waals surface area contributed by atoms with E-state index < -0.39 is 6.04 Å². The molecule has 0 aromatic rings. The molecule has 0 aliphatic carbocycles. The van der Waals surface area contributed by atoms with E-state index in [4.69, 9.17) is 5.73 Å². The number of amides is 2. The van der Waals surface area contributed by atoms with Gasteiger partial charge in [-0.15, -0.1) is 0 Å². The molecule has 106 valence electrons. The Kier molecular flexibility index (Phi) is 8.37. The van der Waals surface area contributed by atoms with Crippen molar-refractivity contribution in [3.63, 3.8) is 0 Å². The summed E-state index contributed by atoms with van der Waals surface area (Å²) in [5.74, 6) is 0.0422. The smallest absolute Gasteiger partial charge is 0.242 e. The van der Waals surface area contributed by atoms with Crippen LogP contribution in [0.25, 0.3) is 0 Å². The maximum Gasteiger partial charge on any atom is 0.242 e. The van der Waals surface area contributed by atoms with Gasteiger partial charge in [-0.25, -0.2) is 0 Å². The number of nitrogens with two attached hydrogens (primary N) is 1. The maximum atomic E-state index is 11.9. The fourth-order valence-corrected chi connectivity index (χ4v) is 1.75. The van der Waals surface area contributed by atoms with Gasteiger partial charge in [0.25, 0.3) is 0 Å². The van der Waals surface area contributed by atoms with Gasteiger partial charge in [0, 0.05) is 13.0 Å². The molecule has 0 spiro atoms. The van der Waals surface area contributed by atoms with Crippen molar-refractivity contribution in [2.24, 2.45) is 17.6 Å². The van der Waals surface area contributed by atoms with Crippen molar-refractivity contribution in [1.29, 1.82) is 0 Å². The van der Waals surface area contributed by atoms with Crippen molar-refractivity contribution in [1.82, 2.24) is 10.6 Å². The summed E-state index contributed by atoms with van der Waals surface area (Å²) in [6.45, 7) is 6.50. The maximum absolute atomic E-state index is 11.9. The highest BCUT2D eigenvalue weighted by molar-refractivity contribution is 5.88. The summed E-state index contributed by atoms with van der Waals surface area (Å²) in [4.78, 5) is 23.6. The van der Waals surface area contributed by atoms with Gasteiger partial charge in [0.2, 0.25) is 11.8 Å². The van der Waals surface area contributed by atoms with Crippen LogP contribution in [0, 0.1) is 11.8 Å². The predicted molar refractivity (Wildman–Crippen MR) is 72.9 cm³/mol. The first kappa shape index (κ1) is 16.9. The lowest BCUT2D eigenvalue weighted by atomic mass is 10.0. The van der Waals surface area contributed by atoms with Crippen molar-refractivity contribution >= 4 is 11.8 Å². The number of carbonyl (C=O) groups is 2. The zero-order valence-corrected chi connectivity index (χ0v) is 12.0. The summed E-state index contributed by atoms with van der Waals surface area (Å²) in [5.41, 5.74) is 5.42. The zero-order chi connectivity index (χ0) is 14.1. The van der Waals surface area contributed by atoms with Crippen molar-refractivity contribution in [2.45, 2.75) is 46.1 Å². The quantitative estimate of drug-likeness (QED) is 0.596. The van der Waals surface area contributed by atoms with Crippen LogP contribution >= 0.6 is 0 Å². The standard InChI is InChI=1S/C13H27N3O2/c1-9(2)8-11(13(18)15-4)16-12(17)10(3)6-5-7-14/h9-11H,5-8,14H2,1-4H3,(H,15,18)(H,16,17). The summed E-state index contributed by atoms with van der Waals surface area (Å²) in [5, 5.41) is 5.40. The van der Waals surface area contributed by atoms with E-state index in [0.29, 0.717) is 18.9 Å². The van der Waals surface area contributed by atoms with E-state index in [1.54, 1.807) is 7.05 Å². The lowest BCUT2D eigenvalue weighted by Gasteiger charge is -2.21. The Morgan fingerprint density at radius 3 is 2.22 bits per heavy atom. The van der Waals surface area contributed by atoms with E-state index in [9.17, 15) is 9.59 Å². The Bertz CT molecular complexity index is 267. The van der Waals surface area contributed by atoms with Gasteiger partial charge < -0.3 is 16.4 Å². The molecule has 0 rings (SSSR count). The Morgan fingerprint density at radius 2 is 1.78 bits per heavy atom. The Morgan fingerprint density at radius 1 is 1.17 bits per heavy atom. The second-order valence-electron chi connectivity index (χ2n) is 5.14. The Balaban J connectivity index is 4.38. The number of carbonyl (C=O) groups excluding carboxylic acids is 2. The lowest BCUT2D eigenvalue weighted by molar-refractivity contribution is -0.131. The minimum absolute atomic E-state index is 0.0716. The largest absolute Gasteiger partial charge is 0.357 e. The minimum Gasteiger partial charge on any atom is -0.357 e. The molecule has 2 amide bonds. The van der Waals surface area contributed by atoms with E-state index in [-0.39, 0.29) is 17.7 Å². The number of rotatable bonds is 8. The van der Waals surface area contributed by atoms with Crippen LogP contribution in [-0.4, -0.2) is 31.4 Å². The molecule has 0 saturated heterocycles. The van der Waals surface area contributed by atoms with Crippen LogP contribution in [0.5, 0.6) is 0 Å². The first-order chi connectivity index (χ1) is 8.42. The third-order valence-corrected chi connectivity index (χ3v) is 2.88. The molecule has 0 saturated carbocycles. The second kappa shape index (κ2) is 8.91. The Hall–Kier alpha value is -1.10. The van der Waals surface area contributed by atoms with Crippen LogP contribution in [0.1, 0.15) is 40.0 Å². The fraction of sp³-hybridized carbons (Fsp3) is 0.846. The molecule has 0 aromatic heterocycles. The SMILES string of the molecule is CNC(=O)C(CC(C)C)NC(=O)C(C)CCCN. The molecule has 0 radical (unpaired) electrons. The number of hydrogen-bond acceptors (Lipinski definition) is 3. The molecule has 0 bridgehead atoms. The van der Waals surface area contributed by atoms with Gasteiger partial charge in [0.15, 0.2) is 0 Å². The van der Waals surface area contributed by atoms with Crippen LogP contribution in [0.4, 0.5) is 0 Å². The molecule has 5 heteroatoms. The molecule has 18 heavy (non-hydrogen) atoms. The lowest BCUT2D eigenvalue weighted by Crippen LogP contribution is -2.48. The normalized spacial score (nSPS) is 14.1. The monoisotopic (exact) mass is 257 g/mol. The average molecular weight is 257 g/mol. The molecule has 4 N–H and O–H groups in total. The van der Waals surface area contributed by atoms with Crippen molar-refractivity contribution in [2.75, 3.05) is 13.6 Å². The second-order valence-corrected chi connectivity index (χ2v) is 5.14. The molecule has 0 aliphatic rings.